The largest absolute Gasteiger partial charge is 0.370 e. The van der Waals surface area contributed by atoms with Crippen molar-refractivity contribution >= 4 is 0 Å². The van der Waals surface area contributed by atoms with E-state index in [4.69, 9.17) is 15.0 Å². The minimum absolute atomic E-state index is 0.137. The molecule has 2 aromatic heterocycles. The second-order valence-corrected chi connectivity index (χ2v) is 4.23. The van der Waals surface area contributed by atoms with E-state index in [0.717, 1.165) is 12.1 Å². The van der Waals surface area contributed by atoms with Gasteiger partial charge in [-0.2, -0.15) is 4.98 Å². The van der Waals surface area contributed by atoms with Gasteiger partial charge in [0, 0.05) is 24.9 Å². The van der Waals surface area contributed by atoms with Gasteiger partial charge in [0.25, 0.3) is 0 Å². The van der Waals surface area contributed by atoms with Crippen LogP contribution in [0.3, 0.4) is 0 Å². The number of rotatable bonds is 7. The quantitative estimate of drug-likeness (QED) is 0.786. The lowest BCUT2D eigenvalue weighted by Crippen LogP contribution is -2.14. The Kier molecular flexibility index (Phi) is 4.64. The Morgan fingerprint density at radius 1 is 1.47 bits per heavy atom. The Hall–Kier alpha value is -1.73. The summed E-state index contributed by atoms with van der Waals surface area (Å²) in [5, 5.41) is 3.94. The number of nitrogens with one attached hydrogen (secondary N) is 1. The van der Waals surface area contributed by atoms with Gasteiger partial charge in [-0.05, 0) is 13.3 Å². The number of hydrogen-bond donors (Lipinski definition) is 2. The maximum Gasteiger partial charge on any atom is 0.244 e. The molecule has 0 radical (unpaired) electrons. The summed E-state index contributed by atoms with van der Waals surface area (Å²) in [5.41, 5.74) is 6.96. The molecule has 19 heavy (non-hydrogen) atoms. The summed E-state index contributed by atoms with van der Waals surface area (Å²) < 4.78 is 10.7. The van der Waals surface area contributed by atoms with E-state index in [1.54, 1.807) is 12.5 Å². The molecule has 2 rings (SSSR count). The standard InChI is InChI=1S/C12H19N5O2/c1-3-10(18-4-2)11-16-12(19-17-11)9(13)5-8-6-14-7-15-8/h6-7,9-10H,3-5,13H2,1-2H3,(H,14,15)/t9-,10?/m0/s1. The Labute approximate surface area is 111 Å². The Morgan fingerprint density at radius 2 is 2.32 bits per heavy atom. The first-order chi connectivity index (χ1) is 9.24. The molecule has 7 heteroatoms. The highest BCUT2D eigenvalue weighted by molar-refractivity contribution is 5.02. The van der Waals surface area contributed by atoms with Gasteiger partial charge in [0.05, 0.1) is 12.4 Å². The molecule has 0 aromatic carbocycles. The van der Waals surface area contributed by atoms with Crippen molar-refractivity contribution in [1.82, 2.24) is 20.1 Å². The van der Waals surface area contributed by atoms with Gasteiger partial charge >= 0.3 is 0 Å². The van der Waals surface area contributed by atoms with Crippen LogP contribution in [0.2, 0.25) is 0 Å². The maximum absolute atomic E-state index is 6.03. The first-order valence-electron chi connectivity index (χ1n) is 6.42. The number of imidazole rings is 1. The van der Waals surface area contributed by atoms with Crippen molar-refractivity contribution in [2.75, 3.05) is 6.61 Å². The molecule has 2 heterocycles. The highest BCUT2D eigenvalue weighted by Gasteiger charge is 2.20. The van der Waals surface area contributed by atoms with Gasteiger partial charge in [-0.15, -0.1) is 0 Å². The van der Waals surface area contributed by atoms with Crippen LogP contribution in [0, 0.1) is 0 Å². The fraction of sp³-hybridized carbons (Fsp3) is 0.583. The summed E-state index contributed by atoms with van der Waals surface area (Å²) in [6.45, 7) is 4.57. The highest BCUT2D eigenvalue weighted by atomic mass is 16.5. The average molecular weight is 265 g/mol. The summed E-state index contributed by atoms with van der Waals surface area (Å²) in [4.78, 5) is 11.3. The molecule has 0 saturated heterocycles. The van der Waals surface area contributed by atoms with Crippen LogP contribution >= 0.6 is 0 Å². The molecular weight excluding hydrogens is 246 g/mol. The van der Waals surface area contributed by atoms with E-state index < -0.39 is 0 Å². The summed E-state index contributed by atoms with van der Waals surface area (Å²) in [6, 6.07) is -0.346. The minimum atomic E-state index is -0.346. The molecule has 0 aliphatic carbocycles. The number of aromatic nitrogens is 4. The van der Waals surface area contributed by atoms with Crippen LogP contribution in [0.25, 0.3) is 0 Å². The van der Waals surface area contributed by atoms with Crippen LogP contribution in [0.1, 0.15) is 49.8 Å². The Morgan fingerprint density at radius 3 is 2.95 bits per heavy atom. The molecule has 0 fully saturated rings. The van der Waals surface area contributed by atoms with E-state index >= 15 is 0 Å². The van der Waals surface area contributed by atoms with Crippen LogP contribution in [0.5, 0.6) is 0 Å². The molecule has 0 saturated carbocycles. The van der Waals surface area contributed by atoms with Crippen LogP contribution < -0.4 is 5.73 Å². The van der Waals surface area contributed by atoms with E-state index in [9.17, 15) is 0 Å². The van der Waals surface area contributed by atoms with Crippen molar-refractivity contribution in [2.45, 2.75) is 38.8 Å². The number of aromatic amines is 1. The minimum Gasteiger partial charge on any atom is -0.370 e. The van der Waals surface area contributed by atoms with Crippen molar-refractivity contribution in [1.29, 1.82) is 0 Å². The van der Waals surface area contributed by atoms with Crippen LogP contribution in [0.4, 0.5) is 0 Å². The average Bonchev–Trinajstić information content (AvgIpc) is 3.06. The molecule has 1 unspecified atom stereocenters. The number of ether oxygens (including phenoxy) is 1. The molecule has 7 nitrogen and oxygen atoms in total. The highest BCUT2D eigenvalue weighted by Crippen LogP contribution is 2.20. The van der Waals surface area contributed by atoms with Crippen LogP contribution in [0.15, 0.2) is 17.0 Å². The fourth-order valence-electron chi connectivity index (χ4n) is 1.83. The number of hydrogen-bond acceptors (Lipinski definition) is 6. The van der Waals surface area contributed by atoms with Gasteiger partial charge in [0.15, 0.2) is 0 Å². The first-order valence-corrected chi connectivity index (χ1v) is 6.42. The molecule has 3 N–H and O–H groups in total. The zero-order valence-electron chi connectivity index (χ0n) is 11.2. The summed E-state index contributed by atoms with van der Waals surface area (Å²) in [7, 11) is 0. The normalized spacial score (nSPS) is 14.5. The van der Waals surface area contributed by atoms with Gasteiger partial charge < -0.3 is 20.0 Å². The fourth-order valence-corrected chi connectivity index (χ4v) is 1.83. The molecule has 104 valence electrons. The van der Waals surface area contributed by atoms with Gasteiger partial charge in [-0.25, -0.2) is 4.98 Å². The Balaban J connectivity index is 2.03. The van der Waals surface area contributed by atoms with Crippen LogP contribution in [-0.4, -0.2) is 26.7 Å². The molecule has 0 spiro atoms. The third-order valence-corrected chi connectivity index (χ3v) is 2.80. The van der Waals surface area contributed by atoms with Crippen molar-refractivity contribution in [3.63, 3.8) is 0 Å². The second-order valence-electron chi connectivity index (χ2n) is 4.23. The lowest BCUT2D eigenvalue weighted by Gasteiger charge is -2.09. The number of nitrogens with zero attached hydrogens (tertiary/aromatic N) is 3. The van der Waals surface area contributed by atoms with Crippen molar-refractivity contribution < 1.29 is 9.26 Å². The summed E-state index contributed by atoms with van der Waals surface area (Å²) >= 11 is 0. The van der Waals surface area contributed by atoms with Crippen LogP contribution in [-0.2, 0) is 11.2 Å². The van der Waals surface area contributed by atoms with E-state index in [1.165, 1.54) is 0 Å². The Bertz CT molecular complexity index is 482. The zero-order valence-corrected chi connectivity index (χ0v) is 11.2. The van der Waals surface area contributed by atoms with Crippen molar-refractivity contribution in [2.24, 2.45) is 5.73 Å². The van der Waals surface area contributed by atoms with Gasteiger partial charge in [-0.3, -0.25) is 0 Å². The summed E-state index contributed by atoms with van der Waals surface area (Å²) in [5.74, 6) is 0.974. The van der Waals surface area contributed by atoms with E-state index in [-0.39, 0.29) is 12.1 Å². The summed E-state index contributed by atoms with van der Waals surface area (Å²) in [6.07, 6.45) is 4.58. The molecule has 0 amide bonds. The molecule has 2 atom stereocenters. The second kappa shape index (κ2) is 6.44. The predicted octanol–water partition coefficient (Wildman–Crippen LogP) is 1.52. The maximum atomic E-state index is 6.03. The predicted molar refractivity (Wildman–Crippen MR) is 68.2 cm³/mol. The third kappa shape index (κ3) is 3.39. The zero-order chi connectivity index (χ0) is 13.7. The monoisotopic (exact) mass is 265 g/mol. The van der Waals surface area contributed by atoms with Crippen molar-refractivity contribution in [3.05, 3.63) is 29.9 Å². The van der Waals surface area contributed by atoms with Gasteiger partial charge in [0.2, 0.25) is 11.7 Å². The first kappa shape index (κ1) is 13.7. The molecular formula is C12H19N5O2. The van der Waals surface area contributed by atoms with E-state index in [1.807, 2.05) is 13.8 Å². The van der Waals surface area contributed by atoms with E-state index in [2.05, 4.69) is 20.1 Å². The molecule has 0 aliphatic rings. The van der Waals surface area contributed by atoms with Crippen molar-refractivity contribution in [3.8, 4) is 0 Å². The molecule has 2 aromatic rings. The lowest BCUT2D eigenvalue weighted by molar-refractivity contribution is 0.0518. The number of nitrogens with two attached hydrogens (primary N) is 1. The SMILES string of the molecule is CCOC(CC)c1noc([C@@H](N)Cc2cnc[nH]2)n1. The number of H-pyrrole nitrogens is 1. The van der Waals surface area contributed by atoms with Gasteiger partial charge in [0.1, 0.15) is 6.10 Å². The van der Waals surface area contributed by atoms with E-state index in [0.29, 0.717) is 24.7 Å². The lowest BCUT2D eigenvalue weighted by atomic mass is 10.2. The molecule has 0 aliphatic heterocycles. The van der Waals surface area contributed by atoms with Gasteiger partial charge in [-0.1, -0.05) is 12.1 Å². The smallest absolute Gasteiger partial charge is 0.244 e. The topological polar surface area (TPSA) is 103 Å². The third-order valence-electron chi connectivity index (χ3n) is 2.80. The molecule has 0 bridgehead atoms.